The van der Waals surface area contributed by atoms with E-state index >= 15 is 0 Å². The van der Waals surface area contributed by atoms with E-state index in [2.05, 4.69) is 10.3 Å². The molecule has 0 saturated heterocycles. The zero-order valence-electron chi connectivity index (χ0n) is 7.03. The van der Waals surface area contributed by atoms with E-state index < -0.39 is 6.03 Å². The molecular weight excluding hydrogens is 168 g/mol. The molecule has 0 fully saturated rings. The van der Waals surface area contributed by atoms with Crippen LogP contribution < -0.4 is 10.6 Å². The second-order valence-corrected chi connectivity index (χ2v) is 2.38. The van der Waals surface area contributed by atoms with Crippen LogP contribution in [0.25, 0.3) is 0 Å². The summed E-state index contributed by atoms with van der Waals surface area (Å²) >= 11 is 0. The first-order chi connectivity index (χ1) is 6.24. The lowest BCUT2D eigenvalue weighted by Crippen LogP contribution is -2.24. The molecule has 0 radical (unpaired) electrons. The Balaban J connectivity index is 2.70. The topological polar surface area (TPSA) is 77.8 Å². The predicted octanol–water partition coefficient (Wildman–Crippen LogP) is 0.993. The van der Waals surface area contributed by atoms with Crippen LogP contribution in [0.5, 0.6) is 0 Å². The van der Waals surface area contributed by atoms with Gasteiger partial charge in [0.15, 0.2) is 6.19 Å². The monoisotopic (exact) mass is 176 g/mol. The van der Waals surface area contributed by atoms with E-state index in [1.54, 1.807) is 12.3 Å². The van der Waals surface area contributed by atoms with Gasteiger partial charge in [0.2, 0.25) is 0 Å². The molecule has 66 valence electrons. The summed E-state index contributed by atoms with van der Waals surface area (Å²) in [5, 5.41) is 12.6. The molecule has 0 saturated carbocycles. The van der Waals surface area contributed by atoms with Crippen molar-refractivity contribution in [2.24, 2.45) is 0 Å². The number of aromatic nitrogens is 1. The number of carbonyl (C=O) groups excluding carboxylic acids is 1. The van der Waals surface area contributed by atoms with Crippen LogP contribution in [0.2, 0.25) is 0 Å². The maximum absolute atomic E-state index is 10.9. The molecule has 5 heteroatoms. The van der Waals surface area contributed by atoms with Crippen LogP contribution in [0.1, 0.15) is 5.56 Å². The third-order valence-corrected chi connectivity index (χ3v) is 1.46. The Hall–Kier alpha value is -2.09. The van der Waals surface area contributed by atoms with Crippen LogP contribution in [-0.2, 0) is 0 Å². The minimum atomic E-state index is -0.557. The van der Waals surface area contributed by atoms with Crippen molar-refractivity contribution in [2.45, 2.75) is 6.92 Å². The van der Waals surface area contributed by atoms with Gasteiger partial charge >= 0.3 is 6.03 Å². The number of hydrogen-bond acceptors (Lipinski definition) is 3. The van der Waals surface area contributed by atoms with E-state index in [1.807, 2.05) is 12.2 Å². The second kappa shape index (κ2) is 4.07. The first-order valence-electron chi connectivity index (χ1n) is 3.60. The molecule has 0 aliphatic heterocycles. The third-order valence-electron chi connectivity index (χ3n) is 1.46. The van der Waals surface area contributed by atoms with Gasteiger partial charge in [-0.15, -0.1) is 0 Å². The number of nitrogens with one attached hydrogen (secondary N) is 2. The fourth-order valence-corrected chi connectivity index (χ4v) is 0.799. The van der Waals surface area contributed by atoms with Crippen LogP contribution in [-0.4, -0.2) is 11.0 Å². The van der Waals surface area contributed by atoms with Gasteiger partial charge in [0.05, 0.1) is 11.9 Å². The van der Waals surface area contributed by atoms with Crippen molar-refractivity contribution in [3.8, 4) is 6.19 Å². The number of anilines is 1. The summed E-state index contributed by atoms with van der Waals surface area (Å²) in [6, 6.07) is 1.21. The van der Waals surface area contributed by atoms with E-state index in [9.17, 15) is 4.79 Å². The second-order valence-electron chi connectivity index (χ2n) is 2.38. The fourth-order valence-electron chi connectivity index (χ4n) is 0.799. The Morgan fingerprint density at radius 2 is 2.46 bits per heavy atom. The highest BCUT2D eigenvalue weighted by Crippen LogP contribution is 2.10. The quantitative estimate of drug-likeness (QED) is 0.494. The average Bonchev–Trinajstić information content (AvgIpc) is 2.09. The maximum Gasteiger partial charge on any atom is 0.332 e. The molecule has 1 heterocycles. The molecule has 13 heavy (non-hydrogen) atoms. The lowest BCUT2D eigenvalue weighted by Gasteiger charge is -2.04. The highest BCUT2D eigenvalue weighted by Gasteiger charge is 2.01. The van der Waals surface area contributed by atoms with Gasteiger partial charge in [-0.1, -0.05) is 0 Å². The van der Waals surface area contributed by atoms with Gasteiger partial charge < -0.3 is 5.32 Å². The summed E-state index contributed by atoms with van der Waals surface area (Å²) < 4.78 is 0. The standard InChI is InChI=1S/C8H8N4O/c1-6-2-3-10-4-7(6)12-8(13)11-5-9/h2-4H,1H3,(H2,11,12,13). The number of aryl methyl sites for hydroxylation is 1. The van der Waals surface area contributed by atoms with Gasteiger partial charge in [-0.25, -0.2) is 10.1 Å². The van der Waals surface area contributed by atoms with Gasteiger partial charge in [0.25, 0.3) is 0 Å². The van der Waals surface area contributed by atoms with Gasteiger partial charge in [-0.05, 0) is 18.6 Å². The van der Waals surface area contributed by atoms with Crippen molar-refractivity contribution < 1.29 is 4.79 Å². The minimum absolute atomic E-state index is 0.557. The fraction of sp³-hybridized carbons (Fsp3) is 0.125. The van der Waals surface area contributed by atoms with Crippen molar-refractivity contribution in [1.82, 2.24) is 10.3 Å². The largest absolute Gasteiger partial charge is 0.332 e. The van der Waals surface area contributed by atoms with Crippen LogP contribution >= 0.6 is 0 Å². The van der Waals surface area contributed by atoms with E-state index in [0.717, 1.165) is 5.56 Å². The normalized spacial score (nSPS) is 8.62. The molecule has 1 rings (SSSR count). The lowest BCUT2D eigenvalue weighted by atomic mass is 10.2. The van der Waals surface area contributed by atoms with E-state index in [-0.39, 0.29) is 0 Å². The van der Waals surface area contributed by atoms with Gasteiger partial charge in [-0.2, -0.15) is 5.26 Å². The summed E-state index contributed by atoms with van der Waals surface area (Å²) in [7, 11) is 0. The van der Waals surface area contributed by atoms with Crippen LogP contribution in [0.4, 0.5) is 10.5 Å². The molecule has 0 spiro atoms. The van der Waals surface area contributed by atoms with Crippen molar-refractivity contribution >= 4 is 11.7 Å². The lowest BCUT2D eigenvalue weighted by molar-refractivity contribution is 0.255. The summed E-state index contributed by atoms with van der Waals surface area (Å²) in [4.78, 5) is 14.7. The molecule has 0 aliphatic carbocycles. The van der Waals surface area contributed by atoms with Crippen molar-refractivity contribution in [3.05, 3.63) is 24.0 Å². The Labute approximate surface area is 75.4 Å². The number of nitrogens with zero attached hydrogens (tertiary/aromatic N) is 2. The number of carbonyl (C=O) groups is 1. The van der Waals surface area contributed by atoms with Crippen LogP contribution in [0.3, 0.4) is 0 Å². The summed E-state index contributed by atoms with van der Waals surface area (Å²) in [5.41, 5.74) is 1.48. The smallest absolute Gasteiger partial charge is 0.305 e. The molecule has 5 nitrogen and oxygen atoms in total. The minimum Gasteiger partial charge on any atom is -0.305 e. The Kier molecular flexibility index (Phi) is 2.82. The highest BCUT2D eigenvalue weighted by molar-refractivity contribution is 5.90. The Morgan fingerprint density at radius 1 is 1.69 bits per heavy atom. The molecule has 0 bridgehead atoms. The number of hydrogen-bond donors (Lipinski definition) is 2. The number of amides is 2. The zero-order valence-corrected chi connectivity index (χ0v) is 7.03. The average molecular weight is 176 g/mol. The van der Waals surface area contributed by atoms with Gasteiger partial charge in [0.1, 0.15) is 0 Å². The van der Waals surface area contributed by atoms with Crippen molar-refractivity contribution in [3.63, 3.8) is 0 Å². The highest BCUT2D eigenvalue weighted by atomic mass is 16.2. The number of urea groups is 1. The van der Waals surface area contributed by atoms with Gasteiger partial charge in [-0.3, -0.25) is 4.98 Å². The molecule has 0 aromatic carbocycles. The Bertz CT molecular complexity index is 355. The van der Waals surface area contributed by atoms with Gasteiger partial charge in [0, 0.05) is 6.20 Å². The Morgan fingerprint density at radius 3 is 3.08 bits per heavy atom. The van der Waals surface area contributed by atoms with Crippen LogP contribution in [0.15, 0.2) is 18.5 Å². The first-order valence-corrected chi connectivity index (χ1v) is 3.60. The van der Waals surface area contributed by atoms with E-state index in [1.165, 1.54) is 12.4 Å². The summed E-state index contributed by atoms with van der Waals surface area (Å²) in [6.45, 7) is 1.84. The molecule has 0 atom stereocenters. The molecule has 0 aliphatic rings. The molecule has 0 unspecified atom stereocenters. The van der Waals surface area contributed by atoms with Crippen molar-refractivity contribution in [1.29, 1.82) is 5.26 Å². The summed E-state index contributed by atoms with van der Waals surface area (Å²) in [5.74, 6) is 0. The molecule has 2 N–H and O–H groups in total. The molecular formula is C8H8N4O. The molecule has 1 aromatic heterocycles. The number of nitriles is 1. The van der Waals surface area contributed by atoms with Crippen LogP contribution in [0, 0.1) is 18.4 Å². The zero-order chi connectivity index (χ0) is 9.68. The molecule has 1 aromatic rings. The summed E-state index contributed by atoms with van der Waals surface area (Å²) in [6.07, 6.45) is 4.67. The number of pyridine rings is 1. The van der Waals surface area contributed by atoms with E-state index in [4.69, 9.17) is 5.26 Å². The predicted molar refractivity (Wildman–Crippen MR) is 46.7 cm³/mol. The number of rotatable bonds is 1. The van der Waals surface area contributed by atoms with E-state index in [0.29, 0.717) is 5.69 Å². The molecule has 2 amide bonds. The first kappa shape index (κ1) is 9.00. The maximum atomic E-state index is 10.9. The third kappa shape index (κ3) is 2.45. The van der Waals surface area contributed by atoms with Crippen molar-refractivity contribution in [2.75, 3.05) is 5.32 Å². The SMILES string of the molecule is Cc1ccncc1NC(=O)NC#N.